The van der Waals surface area contributed by atoms with E-state index in [0.717, 1.165) is 37.1 Å². The molecule has 1 saturated heterocycles. The topological polar surface area (TPSA) is 57.2 Å². The summed E-state index contributed by atoms with van der Waals surface area (Å²) >= 11 is 0. The van der Waals surface area contributed by atoms with Crippen LogP contribution in [-0.4, -0.2) is 13.1 Å². The van der Waals surface area contributed by atoms with E-state index < -0.39 is 5.63 Å². The van der Waals surface area contributed by atoms with Crippen LogP contribution in [0.2, 0.25) is 0 Å². The molecule has 0 bridgehead atoms. The van der Waals surface area contributed by atoms with Crippen LogP contribution < -0.4 is 10.5 Å². The van der Waals surface area contributed by atoms with E-state index in [2.05, 4.69) is 4.90 Å². The van der Waals surface area contributed by atoms with Gasteiger partial charge in [-0.2, -0.15) is 5.26 Å². The average molecular weight is 294 g/mol. The van der Waals surface area contributed by atoms with Gasteiger partial charge >= 0.3 is 5.63 Å². The maximum Gasteiger partial charge on any atom is 0.356 e. The van der Waals surface area contributed by atoms with Crippen molar-refractivity contribution in [3.05, 3.63) is 51.9 Å². The molecule has 112 valence electrons. The summed E-state index contributed by atoms with van der Waals surface area (Å²) < 4.78 is 5.35. The molecule has 3 rings (SSSR count). The van der Waals surface area contributed by atoms with Gasteiger partial charge in [-0.15, -0.1) is 0 Å². The highest BCUT2D eigenvalue weighted by molar-refractivity contribution is 5.67. The summed E-state index contributed by atoms with van der Waals surface area (Å²) in [5, 5.41) is 9.29. The van der Waals surface area contributed by atoms with E-state index in [1.807, 2.05) is 43.3 Å². The first kappa shape index (κ1) is 14.4. The zero-order valence-electron chi connectivity index (χ0n) is 12.6. The minimum Gasteiger partial charge on any atom is -0.422 e. The van der Waals surface area contributed by atoms with Crippen LogP contribution in [-0.2, 0) is 0 Å². The predicted molar refractivity (Wildman–Crippen MR) is 85.9 cm³/mol. The molecular weight excluding hydrogens is 276 g/mol. The van der Waals surface area contributed by atoms with Gasteiger partial charge in [0.05, 0.1) is 5.69 Å². The molecule has 2 heterocycles. The highest BCUT2D eigenvalue weighted by Gasteiger charge is 2.19. The number of hydrogen-bond acceptors (Lipinski definition) is 4. The Morgan fingerprint density at radius 3 is 2.45 bits per heavy atom. The van der Waals surface area contributed by atoms with E-state index in [4.69, 9.17) is 4.42 Å². The lowest BCUT2D eigenvalue weighted by atomic mass is 10.1. The molecule has 0 saturated carbocycles. The summed E-state index contributed by atoms with van der Waals surface area (Å²) in [4.78, 5) is 14.3. The summed E-state index contributed by atoms with van der Waals surface area (Å²) in [6, 6.07) is 11.7. The van der Waals surface area contributed by atoms with Gasteiger partial charge < -0.3 is 9.32 Å². The molecule has 4 nitrogen and oxygen atoms in total. The SMILES string of the molecule is Cc1ccc(-c2cc(N3CCCCC3)c(C#N)c(=O)o2)cc1. The summed E-state index contributed by atoms with van der Waals surface area (Å²) in [5.74, 6) is 0.518. The molecule has 0 atom stereocenters. The molecule has 1 aromatic heterocycles. The molecule has 4 heteroatoms. The van der Waals surface area contributed by atoms with E-state index in [9.17, 15) is 10.1 Å². The number of benzene rings is 1. The Morgan fingerprint density at radius 2 is 1.82 bits per heavy atom. The van der Waals surface area contributed by atoms with Crippen molar-refractivity contribution in [2.24, 2.45) is 0 Å². The van der Waals surface area contributed by atoms with Crippen molar-refractivity contribution in [1.29, 1.82) is 5.26 Å². The normalized spacial score (nSPS) is 14.6. The smallest absolute Gasteiger partial charge is 0.356 e. The van der Waals surface area contributed by atoms with Gasteiger partial charge in [-0.05, 0) is 26.2 Å². The minimum absolute atomic E-state index is 0.109. The van der Waals surface area contributed by atoms with Crippen LogP contribution in [0.4, 0.5) is 5.69 Å². The Labute approximate surface area is 129 Å². The minimum atomic E-state index is -0.554. The Morgan fingerprint density at radius 1 is 1.14 bits per heavy atom. The fourth-order valence-electron chi connectivity index (χ4n) is 2.83. The van der Waals surface area contributed by atoms with Gasteiger partial charge in [0, 0.05) is 24.7 Å². The molecular formula is C18H18N2O2. The van der Waals surface area contributed by atoms with E-state index in [1.54, 1.807) is 0 Å². The van der Waals surface area contributed by atoms with Crippen LogP contribution in [0.3, 0.4) is 0 Å². The Balaban J connectivity index is 2.09. The molecule has 0 aliphatic carbocycles. The van der Waals surface area contributed by atoms with E-state index in [-0.39, 0.29) is 5.56 Å². The Bertz CT molecular complexity index is 763. The highest BCUT2D eigenvalue weighted by Crippen LogP contribution is 2.28. The van der Waals surface area contributed by atoms with E-state index in [0.29, 0.717) is 11.4 Å². The standard InChI is InChI=1S/C18H18N2O2/c1-13-5-7-14(8-6-13)17-11-16(15(12-19)18(21)22-17)20-9-3-2-4-10-20/h5-8,11H,2-4,9-10H2,1H3. The number of nitrogens with zero attached hydrogens (tertiary/aromatic N) is 2. The van der Waals surface area contributed by atoms with Gasteiger partial charge in [-0.3, -0.25) is 0 Å². The zero-order valence-corrected chi connectivity index (χ0v) is 12.6. The van der Waals surface area contributed by atoms with E-state index in [1.165, 1.54) is 6.42 Å². The van der Waals surface area contributed by atoms with Crippen LogP contribution in [0.1, 0.15) is 30.4 Å². The molecule has 1 aliphatic rings. The Hall–Kier alpha value is -2.54. The molecule has 1 aromatic carbocycles. The number of piperidine rings is 1. The molecule has 1 fully saturated rings. The highest BCUT2D eigenvalue weighted by atomic mass is 16.4. The van der Waals surface area contributed by atoms with Gasteiger partial charge in [0.2, 0.25) is 0 Å². The lowest BCUT2D eigenvalue weighted by Gasteiger charge is -2.29. The quantitative estimate of drug-likeness (QED) is 0.851. The molecule has 0 radical (unpaired) electrons. The third kappa shape index (κ3) is 2.75. The van der Waals surface area contributed by atoms with E-state index >= 15 is 0 Å². The molecule has 0 unspecified atom stereocenters. The van der Waals surface area contributed by atoms with Crippen LogP contribution in [0, 0.1) is 18.3 Å². The van der Waals surface area contributed by atoms with Crippen molar-refractivity contribution in [2.75, 3.05) is 18.0 Å². The second-order valence-corrected chi connectivity index (χ2v) is 5.68. The first-order chi connectivity index (χ1) is 10.7. The van der Waals surface area contributed by atoms with Gasteiger partial charge in [0.1, 0.15) is 11.8 Å². The number of aryl methyl sites for hydroxylation is 1. The lowest BCUT2D eigenvalue weighted by molar-refractivity contribution is 0.519. The molecule has 22 heavy (non-hydrogen) atoms. The average Bonchev–Trinajstić information content (AvgIpc) is 2.55. The van der Waals surface area contributed by atoms with Crippen molar-refractivity contribution in [1.82, 2.24) is 0 Å². The third-order valence-corrected chi connectivity index (χ3v) is 4.08. The Kier molecular flexibility index (Phi) is 3.97. The second kappa shape index (κ2) is 6.07. The fraction of sp³-hybridized carbons (Fsp3) is 0.333. The van der Waals surface area contributed by atoms with Crippen molar-refractivity contribution >= 4 is 5.69 Å². The summed E-state index contributed by atoms with van der Waals surface area (Å²) in [7, 11) is 0. The number of hydrogen-bond donors (Lipinski definition) is 0. The fourth-order valence-corrected chi connectivity index (χ4v) is 2.83. The molecule has 0 amide bonds. The monoisotopic (exact) mass is 294 g/mol. The lowest BCUT2D eigenvalue weighted by Crippen LogP contribution is -2.31. The number of nitriles is 1. The zero-order chi connectivity index (χ0) is 15.5. The number of rotatable bonds is 2. The molecule has 0 spiro atoms. The van der Waals surface area contributed by atoms with Crippen molar-refractivity contribution in [3.8, 4) is 17.4 Å². The summed E-state index contributed by atoms with van der Waals surface area (Å²) in [5.41, 5.74) is 2.26. The summed E-state index contributed by atoms with van der Waals surface area (Å²) in [6.45, 7) is 3.77. The van der Waals surface area contributed by atoms with Crippen molar-refractivity contribution in [3.63, 3.8) is 0 Å². The first-order valence-electron chi connectivity index (χ1n) is 7.59. The maximum atomic E-state index is 12.2. The van der Waals surface area contributed by atoms with Crippen LogP contribution in [0.5, 0.6) is 0 Å². The number of anilines is 1. The summed E-state index contributed by atoms with van der Waals surface area (Å²) in [6.07, 6.45) is 3.38. The van der Waals surface area contributed by atoms with Crippen molar-refractivity contribution in [2.45, 2.75) is 26.2 Å². The third-order valence-electron chi connectivity index (χ3n) is 4.08. The van der Waals surface area contributed by atoms with Crippen LogP contribution in [0.25, 0.3) is 11.3 Å². The van der Waals surface area contributed by atoms with Gasteiger partial charge in [0.25, 0.3) is 0 Å². The molecule has 0 N–H and O–H groups in total. The molecule has 1 aliphatic heterocycles. The van der Waals surface area contributed by atoms with Gasteiger partial charge in [0.15, 0.2) is 5.56 Å². The van der Waals surface area contributed by atoms with Crippen LogP contribution >= 0.6 is 0 Å². The van der Waals surface area contributed by atoms with Crippen molar-refractivity contribution < 1.29 is 4.42 Å². The second-order valence-electron chi connectivity index (χ2n) is 5.68. The maximum absolute atomic E-state index is 12.2. The molecule has 2 aromatic rings. The van der Waals surface area contributed by atoms with Crippen LogP contribution in [0.15, 0.2) is 39.5 Å². The first-order valence-corrected chi connectivity index (χ1v) is 7.59. The van der Waals surface area contributed by atoms with Gasteiger partial charge in [-0.1, -0.05) is 29.8 Å². The van der Waals surface area contributed by atoms with Gasteiger partial charge in [-0.25, -0.2) is 4.79 Å². The predicted octanol–water partition coefficient (Wildman–Crippen LogP) is 3.48. The largest absolute Gasteiger partial charge is 0.422 e.